The molecule has 5 heteroatoms. The highest BCUT2D eigenvalue weighted by Crippen LogP contribution is 2.37. The third-order valence-corrected chi connectivity index (χ3v) is 6.33. The molecule has 2 unspecified atom stereocenters. The molecule has 1 N–H and O–H groups in total. The fourth-order valence-corrected chi connectivity index (χ4v) is 4.78. The monoisotopic (exact) mass is 409 g/mol. The van der Waals surface area contributed by atoms with Crippen molar-refractivity contribution in [1.29, 1.82) is 5.26 Å². The maximum atomic E-state index is 12.8. The van der Waals surface area contributed by atoms with Gasteiger partial charge in [0.25, 0.3) is 5.91 Å². The summed E-state index contributed by atoms with van der Waals surface area (Å²) in [7, 11) is 0. The van der Waals surface area contributed by atoms with Crippen molar-refractivity contribution in [3.8, 4) is 28.8 Å². The van der Waals surface area contributed by atoms with E-state index in [9.17, 15) is 10.1 Å². The maximum Gasteiger partial charge on any atom is 0.251 e. The van der Waals surface area contributed by atoms with E-state index in [1.807, 2.05) is 83.8 Å². The lowest BCUT2D eigenvalue weighted by Crippen LogP contribution is -2.42. The van der Waals surface area contributed by atoms with Crippen LogP contribution in [0.4, 0.5) is 0 Å². The first kappa shape index (κ1) is 19.2. The summed E-state index contributed by atoms with van der Waals surface area (Å²) in [5, 5.41) is 12.4. The Hall–Kier alpha value is -3.78. The third-order valence-electron chi connectivity index (χ3n) is 6.33. The molecule has 2 fully saturated rings. The van der Waals surface area contributed by atoms with Gasteiger partial charge in [-0.2, -0.15) is 5.26 Å². The SMILES string of the molecule is N#CN1CC2CCC1[C@@H]2NC(=O)c1ccc(-c2ccccc2Oc2ccccc2)cc1. The summed E-state index contributed by atoms with van der Waals surface area (Å²) in [6.45, 7) is 0.753. The highest BCUT2D eigenvalue weighted by atomic mass is 16.5. The second-order valence-corrected chi connectivity index (χ2v) is 8.15. The van der Waals surface area contributed by atoms with Crippen LogP contribution in [0.3, 0.4) is 0 Å². The molecule has 154 valence electrons. The average molecular weight is 409 g/mol. The quantitative estimate of drug-likeness (QED) is 0.614. The highest BCUT2D eigenvalue weighted by Gasteiger charge is 2.47. The first-order valence-corrected chi connectivity index (χ1v) is 10.6. The summed E-state index contributed by atoms with van der Waals surface area (Å²) in [5.74, 6) is 1.84. The van der Waals surface area contributed by atoms with Crippen molar-refractivity contribution in [3.05, 3.63) is 84.4 Å². The minimum atomic E-state index is -0.0814. The molecule has 3 atom stereocenters. The van der Waals surface area contributed by atoms with Crippen molar-refractivity contribution in [2.75, 3.05) is 6.54 Å². The van der Waals surface area contributed by atoms with Crippen LogP contribution in [0, 0.1) is 17.4 Å². The number of nitriles is 1. The molecule has 3 aromatic rings. The maximum absolute atomic E-state index is 12.8. The number of piperidine rings is 1. The Morgan fingerprint density at radius 1 is 0.968 bits per heavy atom. The van der Waals surface area contributed by atoms with Gasteiger partial charge in [-0.3, -0.25) is 4.79 Å². The second kappa shape index (κ2) is 8.16. The van der Waals surface area contributed by atoms with Crippen molar-refractivity contribution in [3.63, 3.8) is 0 Å². The van der Waals surface area contributed by atoms with E-state index in [0.29, 0.717) is 11.5 Å². The molecular weight excluding hydrogens is 386 g/mol. The fourth-order valence-electron chi connectivity index (χ4n) is 4.78. The van der Waals surface area contributed by atoms with Crippen molar-refractivity contribution < 1.29 is 9.53 Å². The molecular formula is C26H23N3O2. The summed E-state index contributed by atoms with van der Waals surface area (Å²) in [5.41, 5.74) is 2.58. The average Bonchev–Trinajstić information content (AvgIpc) is 3.36. The van der Waals surface area contributed by atoms with Gasteiger partial charge in [-0.1, -0.05) is 48.5 Å². The zero-order valence-electron chi connectivity index (χ0n) is 17.1. The number of para-hydroxylation sites is 2. The molecule has 1 saturated heterocycles. The Morgan fingerprint density at radius 2 is 1.71 bits per heavy atom. The summed E-state index contributed by atoms with van der Waals surface area (Å²) in [4.78, 5) is 14.6. The Labute approximate surface area is 181 Å². The molecule has 0 radical (unpaired) electrons. The summed E-state index contributed by atoms with van der Waals surface area (Å²) < 4.78 is 6.07. The molecule has 31 heavy (non-hydrogen) atoms. The van der Waals surface area contributed by atoms with Crippen LogP contribution in [0.1, 0.15) is 23.2 Å². The zero-order valence-corrected chi connectivity index (χ0v) is 17.1. The van der Waals surface area contributed by atoms with Gasteiger partial charge >= 0.3 is 0 Å². The minimum absolute atomic E-state index is 0.0619. The number of rotatable bonds is 5. The lowest BCUT2D eigenvalue weighted by molar-refractivity contribution is 0.0929. The molecule has 0 aromatic heterocycles. The van der Waals surface area contributed by atoms with Gasteiger partial charge in [-0.15, -0.1) is 0 Å². The van der Waals surface area contributed by atoms with Gasteiger partial charge in [0.15, 0.2) is 6.19 Å². The largest absolute Gasteiger partial charge is 0.457 e. The molecule has 1 amide bonds. The number of benzene rings is 3. The van der Waals surface area contributed by atoms with E-state index >= 15 is 0 Å². The van der Waals surface area contributed by atoms with E-state index in [-0.39, 0.29) is 18.0 Å². The van der Waals surface area contributed by atoms with Gasteiger partial charge in [0.05, 0.1) is 12.1 Å². The van der Waals surface area contributed by atoms with Crippen molar-refractivity contribution >= 4 is 5.91 Å². The van der Waals surface area contributed by atoms with E-state index in [4.69, 9.17) is 4.74 Å². The Bertz CT molecular complexity index is 1120. The standard InChI is InChI=1S/C26H23N3O2/c27-17-29-16-20-14-15-23(29)25(20)28-26(30)19-12-10-18(11-13-19)22-8-4-5-9-24(22)31-21-6-2-1-3-7-21/h1-13,20,23,25H,14-16H2,(H,28,30)/t20?,23?,25-/m1/s1. The number of likely N-dealkylation sites (tertiary alicyclic amines) is 1. The highest BCUT2D eigenvalue weighted by molar-refractivity contribution is 5.95. The summed E-state index contributed by atoms with van der Waals surface area (Å²) in [6.07, 6.45) is 4.30. The second-order valence-electron chi connectivity index (χ2n) is 8.15. The molecule has 3 aromatic carbocycles. The van der Waals surface area contributed by atoms with Crippen LogP contribution in [0.5, 0.6) is 11.5 Å². The summed E-state index contributed by atoms with van der Waals surface area (Å²) in [6, 6.07) is 25.4. The van der Waals surface area contributed by atoms with Crippen LogP contribution in [-0.4, -0.2) is 29.4 Å². The smallest absolute Gasteiger partial charge is 0.251 e. The first-order valence-electron chi connectivity index (χ1n) is 10.6. The Kier molecular flexibility index (Phi) is 5.05. The number of nitrogens with zero attached hydrogens (tertiary/aromatic N) is 2. The number of hydrogen-bond acceptors (Lipinski definition) is 4. The fraction of sp³-hybridized carbons (Fsp3) is 0.231. The predicted octanol–water partition coefficient (Wildman–Crippen LogP) is 4.82. The first-order chi connectivity index (χ1) is 15.2. The van der Waals surface area contributed by atoms with Gasteiger partial charge in [0, 0.05) is 17.7 Å². The minimum Gasteiger partial charge on any atom is -0.457 e. The molecule has 2 aliphatic rings. The Balaban J connectivity index is 1.32. The van der Waals surface area contributed by atoms with E-state index < -0.39 is 0 Å². The molecule has 1 saturated carbocycles. The number of hydrogen-bond donors (Lipinski definition) is 1. The van der Waals surface area contributed by atoms with Gasteiger partial charge < -0.3 is 15.0 Å². The predicted molar refractivity (Wildman–Crippen MR) is 118 cm³/mol. The molecule has 5 rings (SSSR count). The van der Waals surface area contributed by atoms with Crippen LogP contribution in [-0.2, 0) is 0 Å². The lowest BCUT2D eigenvalue weighted by Gasteiger charge is -2.21. The van der Waals surface area contributed by atoms with E-state index in [0.717, 1.165) is 42.0 Å². The summed E-state index contributed by atoms with van der Waals surface area (Å²) >= 11 is 0. The molecule has 0 spiro atoms. The van der Waals surface area contributed by atoms with Gasteiger partial charge in [0.1, 0.15) is 11.5 Å². The van der Waals surface area contributed by atoms with E-state index in [1.54, 1.807) is 0 Å². The van der Waals surface area contributed by atoms with E-state index in [2.05, 4.69) is 11.5 Å². The number of ether oxygens (including phenoxy) is 1. The number of carbonyl (C=O) groups excluding carboxylic acids is 1. The third kappa shape index (κ3) is 3.73. The number of nitrogens with one attached hydrogen (secondary N) is 1. The van der Waals surface area contributed by atoms with Crippen molar-refractivity contribution in [2.24, 2.45) is 5.92 Å². The zero-order chi connectivity index (χ0) is 21.2. The van der Waals surface area contributed by atoms with Crippen LogP contribution < -0.4 is 10.1 Å². The molecule has 1 heterocycles. The topological polar surface area (TPSA) is 65.4 Å². The number of carbonyl (C=O) groups is 1. The van der Waals surface area contributed by atoms with E-state index in [1.165, 1.54) is 0 Å². The van der Waals surface area contributed by atoms with Crippen LogP contribution in [0.25, 0.3) is 11.1 Å². The Morgan fingerprint density at radius 3 is 2.45 bits per heavy atom. The van der Waals surface area contributed by atoms with Crippen molar-refractivity contribution in [2.45, 2.75) is 24.9 Å². The number of amides is 1. The molecule has 1 aliphatic carbocycles. The number of fused-ring (bicyclic) bond motifs is 2. The lowest BCUT2D eigenvalue weighted by atomic mass is 10.0. The van der Waals surface area contributed by atoms with Gasteiger partial charge in [-0.05, 0) is 54.7 Å². The van der Waals surface area contributed by atoms with Crippen LogP contribution >= 0.6 is 0 Å². The van der Waals surface area contributed by atoms with Gasteiger partial charge in [-0.25, -0.2) is 0 Å². The molecule has 1 aliphatic heterocycles. The van der Waals surface area contributed by atoms with Crippen LogP contribution in [0.2, 0.25) is 0 Å². The normalized spacial score (nSPS) is 21.5. The van der Waals surface area contributed by atoms with Gasteiger partial charge in [0.2, 0.25) is 0 Å². The van der Waals surface area contributed by atoms with Crippen LogP contribution in [0.15, 0.2) is 78.9 Å². The molecule has 5 nitrogen and oxygen atoms in total. The van der Waals surface area contributed by atoms with Crippen molar-refractivity contribution in [1.82, 2.24) is 10.2 Å². The molecule has 2 bridgehead atoms.